The van der Waals surface area contributed by atoms with Gasteiger partial charge < -0.3 is 15.1 Å². The highest BCUT2D eigenvalue weighted by atomic mass is 35.5. The van der Waals surface area contributed by atoms with Gasteiger partial charge in [-0.05, 0) is 54.6 Å². The van der Waals surface area contributed by atoms with E-state index < -0.39 is 0 Å². The molecule has 2 heterocycles. The number of fused-ring (bicyclic) bond motifs is 1. The SMILES string of the molecule is CCC(=O)Nc1nc2ccc(NC(=O)C=Cc3ccc(-c4ccc(Cl)cc4Cl)o3)cc2s1. The third kappa shape index (κ3) is 5.19. The average molecular weight is 486 g/mol. The Kier molecular flexibility index (Phi) is 6.60. The molecule has 0 bridgehead atoms. The fourth-order valence-corrected chi connectivity index (χ4v) is 4.30. The van der Waals surface area contributed by atoms with E-state index >= 15 is 0 Å². The van der Waals surface area contributed by atoms with Gasteiger partial charge in [0.05, 0.1) is 15.2 Å². The number of nitrogens with one attached hydrogen (secondary N) is 2. The van der Waals surface area contributed by atoms with Crippen LogP contribution >= 0.6 is 34.5 Å². The van der Waals surface area contributed by atoms with Crippen LogP contribution in [0, 0.1) is 0 Å². The van der Waals surface area contributed by atoms with Gasteiger partial charge in [-0.1, -0.05) is 41.5 Å². The summed E-state index contributed by atoms with van der Waals surface area (Å²) in [6.45, 7) is 1.78. The summed E-state index contributed by atoms with van der Waals surface area (Å²) in [5.74, 6) is 0.682. The average Bonchev–Trinajstić information content (AvgIpc) is 3.38. The Balaban J connectivity index is 1.42. The van der Waals surface area contributed by atoms with Crippen molar-refractivity contribution in [2.24, 2.45) is 0 Å². The fourth-order valence-electron chi connectivity index (χ4n) is 2.88. The number of hydrogen-bond acceptors (Lipinski definition) is 5. The van der Waals surface area contributed by atoms with Crippen LogP contribution in [0.25, 0.3) is 27.6 Å². The third-order valence-electron chi connectivity index (χ3n) is 4.45. The largest absolute Gasteiger partial charge is 0.457 e. The van der Waals surface area contributed by atoms with Crippen LogP contribution in [0.5, 0.6) is 0 Å². The molecule has 0 unspecified atom stereocenters. The minimum absolute atomic E-state index is 0.0952. The number of anilines is 2. The minimum atomic E-state index is -0.309. The van der Waals surface area contributed by atoms with Gasteiger partial charge in [0, 0.05) is 28.8 Å². The van der Waals surface area contributed by atoms with Crippen molar-refractivity contribution >= 4 is 73.5 Å². The molecule has 0 spiro atoms. The predicted octanol–water partition coefficient (Wildman–Crippen LogP) is 6.86. The van der Waals surface area contributed by atoms with E-state index in [1.807, 2.05) is 6.07 Å². The van der Waals surface area contributed by atoms with Crippen molar-refractivity contribution in [2.45, 2.75) is 13.3 Å². The van der Waals surface area contributed by atoms with Crippen molar-refractivity contribution in [1.82, 2.24) is 4.98 Å². The molecule has 4 rings (SSSR count). The van der Waals surface area contributed by atoms with E-state index in [0.29, 0.717) is 44.4 Å². The van der Waals surface area contributed by atoms with E-state index in [-0.39, 0.29) is 11.8 Å². The molecule has 32 heavy (non-hydrogen) atoms. The van der Waals surface area contributed by atoms with Crippen LogP contribution in [0.3, 0.4) is 0 Å². The van der Waals surface area contributed by atoms with E-state index in [1.165, 1.54) is 17.4 Å². The highest BCUT2D eigenvalue weighted by Gasteiger charge is 2.10. The molecule has 0 radical (unpaired) electrons. The van der Waals surface area contributed by atoms with Crippen LogP contribution in [0.15, 0.2) is 59.0 Å². The van der Waals surface area contributed by atoms with Crippen molar-refractivity contribution in [3.8, 4) is 11.3 Å². The van der Waals surface area contributed by atoms with Gasteiger partial charge in [-0.15, -0.1) is 0 Å². The van der Waals surface area contributed by atoms with Crippen LogP contribution in [-0.4, -0.2) is 16.8 Å². The van der Waals surface area contributed by atoms with Gasteiger partial charge in [0.15, 0.2) is 5.13 Å². The Morgan fingerprint density at radius 1 is 1.09 bits per heavy atom. The van der Waals surface area contributed by atoms with Crippen LogP contribution in [0.4, 0.5) is 10.8 Å². The summed E-state index contributed by atoms with van der Waals surface area (Å²) < 4.78 is 6.61. The third-order valence-corrected chi connectivity index (χ3v) is 5.93. The molecule has 0 atom stereocenters. The van der Waals surface area contributed by atoms with E-state index in [0.717, 1.165) is 10.2 Å². The van der Waals surface area contributed by atoms with Gasteiger partial charge in [0.2, 0.25) is 11.8 Å². The number of benzene rings is 2. The maximum Gasteiger partial charge on any atom is 0.248 e. The number of furan rings is 1. The van der Waals surface area contributed by atoms with Crippen LogP contribution < -0.4 is 10.6 Å². The Bertz CT molecular complexity index is 1340. The molecule has 162 valence electrons. The number of halogens is 2. The zero-order valence-corrected chi connectivity index (χ0v) is 19.1. The molecule has 0 saturated heterocycles. The number of thiazole rings is 1. The van der Waals surface area contributed by atoms with Gasteiger partial charge in [0.25, 0.3) is 0 Å². The number of carbonyl (C=O) groups is 2. The molecule has 0 aliphatic heterocycles. The summed E-state index contributed by atoms with van der Waals surface area (Å²) in [5.41, 5.74) is 2.09. The van der Waals surface area contributed by atoms with Crippen molar-refractivity contribution in [3.63, 3.8) is 0 Å². The lowest BCUT2D eigenvalue weighted by Crippen LogP contribution is -2.08. The summed E-state index contributed by atoms with van der Waals surface area (Å²) in [6.07, 6.45) is 3.34. The molecule has 6 nitrogen and oxygen atoms in total. The molecule has 2 aromatic heterocycles. The van der Waals surface area contributed by atoms with E-state index in [1.54, 1.807) is 55.5 Å². The second-order valence-corrected chi connectivity index (χ2v) is 8.63. The summed E-state index contributed by atoms with van der Waals surface area (Å²) >= 11 is 13.5. The normalized spacial score (nSPS) is 11.2. The lowest BCUT2D eigenvalue weighted by atomic mass is 10.2. The molecule has 0 aliphatic rings. The number of rotatable bonds is 6. The van der Waals surface area contributed by atoms with E-state index in [2.05, 4.69) is 15.6 Å². The molecule has 9 heteroatoms. The second-order valence-electron chi connectivity index (χ2n) is 6.75. The monoisotopic (exact) mass is 485 g/mol. The predicted molar refractivity (Wildman–Crippen MR) is 130 cm³/mol. The molecule has 2 N–H and O–H groups in total. The molecule has 4 aromatic rings. The number of amides is 2. The molecule has 0 fully saturated rings. The first-order chi connectivity index (χ1) is 15.4. The van der Waals surface area contributed by atoms with Gasteiger partial charge >= 0.3 is 0 Å². The number of nitrogens with zero attached hydrogens (tertiary/aromatic N) is 1. The van der Waals surface area contributed by atoms with Crippen molar-refractivity contribution in [2.75, 3.05) is 10.6 Å². The fraction of sp³-hybridized carbons (Fsp3) is 0.0870. The van der Waals surface area contributed by atoms with Gasteiger partial charge in [-0.2, -0.15) is 0 Å². The van der Waals surface area contributed by atoms with Gasteiger partial charge in [0.1, 0.15) is 11.5 Å². The van der Waals surface area contributed by atoms with E-state index in [9.17, 15) is 9.59 Å². The Hall–Kier alpha value is -3.13. The minimum Gasteiger partial charge on any atom is -0.457 e. The van der Waals surface area contributed by atoms with Crippen molar-refractivity contribution in [1.29, 1.82) is 0 Å². The Labute approximate surface area is 197 Å². The van der Waals surface area contributed by atoms with Crippen LogP contribution in [-0.2, 0) is 9.59 Å². The highest BCUT2D eigenvalue weighted by Crippen LogP contribution is 2.32. The van der Waals surface area contributed by atoms with Crippen LogP contribution in [0.2, 0.25) is 10.0 Å². The van der Waals surface area contributed by atoms with Crippen LogP contribution in [0.1, 0.15) is 19.1 Å². The standard InChI is InChI=1S/C23H17Cl2N3O3S/c1-2-21(29)28-23-27-18-8-4-14(12-20(18)32-23)26-22(30)10-6-15-5-9-19(31-15)16-7-3-13(24)11-17(16)25/h3-12H,2H2,1H3,(H,26,30)(H,27,28,29). The number of aromatic nitrogens is 1. The molecular formula is C23H17Cl2N3O3S. The topological polar surface area (TPSA) is 84.2 Å². The molecule has 0 aliphatic carbocycles. The van der Waals surface area contributed by atoms with Gasteiger partial charge in [-0.3, -0.25) is 9.59 Å². The zero-order chi connectivity index (χ0) is 22.7. The Morgan fingerprint density at radius 3 is 2.72 bits per heavy atom. The first-order valence-corrected chi connectivity index (χ1v) is 11.2. The summed E-state index contributed by atoms with van der Waals surface area (Å²) in [7, 11) is 0. The summed E-state index contributed by atoms with van der Waals surface area (Å²) in [4.78, 5) is 28.2. The summed E-state index contributed by atoms with van der Waals surface area (Å²) in [5, 5.41) is 7.11. The lowest BCUT2D eigenvalue weighted by Gasteiger charge is -2.01. The second kappa shape index (κ2) is 9.56. The highest BCUT2D eigenvalue weighted by molar-refractivity contribution is 7.22. The van der Waals surface area contributed by atoms with E-state index in [4.69, 9.17) is 27.6 Å². The molecule has 2 amide bonds. The maximum atomic E-state index is 12.3. The zero-order valence-electron chi connectivity index (χ0n) is 16.8. The van der Waals surface area contributed by atoms with Gasteiger partial charge in [-0.25, -0.2) is 4.98 Å². The first kappa shape index (κ1) is 22.1. The molecule has 0 saturated carbocycles. The smallest absolute Gasteiger partial charge is 0.248 e. The van der Waals surface area contributed by atoms with Crippen molar-refractivity contribution in [3.05, 3.63) is 70.4 Å². The quantitative estimate of drug-likeness (QED) is 0.292. The lowest BCUT2D eigenvalue weighted by molar-refractivity contribution is -0.116. The summed E-state index contributed by atoms with van der Waals surface area (Å²) in [6, 6.07) is 14.0. The molecule has 2 aromatic carbocycles. The Morgan fingerprint density at radius 2 is 1.94 bits per heavy atom. The number of hydrogen-bond donors (Lipinski definition) is 2. The first-order valence-electron chi connectivity index (χ1n) is 9.66. The number of carbonyl (C=O) groups excluding carboxylic acids is 2. The maximum absolute atomic E-state index is 12.3. The van der Waals surface area contributed by atoms with Crippen molar-refractivity contribution < 1.29 is 14.0 Å². The molecular weight excluding hydrogens is 469 g/mol.